The van der Waals surface area contributed by atoms with Crippen molar-refractivity contribution in [2.45, 2.75) is 131 Å². The molecule has 0 amide bonds. The van der Waals surface area contributed by atoms with E-state index < -0.39 is 78.8 Å². The van der Waals surface area contributed by atoms with E-state index in [4.69, 9.17) is 4.18 Å². The van der Waals surface area contributed by atoms with E-state index in [1.54, 1.807) is 6.92 Å². The topological polar surface area (TPSA) is 220 Å². The van der Waals surface area contributed by atoms with Gasteiger partial charge < -0.3 is 18.8 Å². The molecule has 3 saturated carbocycles. The summed E-state index contributed by atoms with van der Waals surface area (Å²) in [5.74, 6) is -1.09. The average Bonchev–Trinajstić information content (AvgIpc) is 3.20. The molecule has 0 aromatic heterocycles. The zero-order chi connectivity index (χ0) is 36.5. The molecule has 3 fully saturated rings. The Labute approximate surface area is 372 Å². The third kappa shape index (κ3) is 10.2. The fourth-order valence-electron chi connectivity index (χ4n) is 10.8. The Morgan fingerprint density at radius 1 is 0.941 bits per heavy atom. The predicted octanol–water partition coefficient (Wildman–Crippen LogP) is -4.51. The third-order valence-corrected chi connectivity index (χ3v) is 15.1. The fourth-order valence-corrected chi connectivity index (χ4v) is 12.3. The number of fused-ring (bicyclic) bond motifs is 5. The van der Waals surface area contributed by atoms with Crippen LogP contribution >= 0.6 is 0 Å². The van der Waals surface area contributed by atoms with Crippen molar-refractivity contribution < 1.29 is 145 Å². The summed E-state index contributed by atoms with van der Waals surface area (Å²) >= 11 is 0. The molecule has 11 atom stereocenters. The van der Waals surface area contributed by atoms with E-state index >= 15 is 0 Å². The monoisotopic (exact) mass is 808 g/mol. The van der Waals surface area contributed by atoms with E-state index in [0.717, 1.165) is 44.1 Å². The van der Waals surface area contributed by atoms with Crippen molar-refractivity contribution in [1.29, 1.82) is 0 Å². The molecular formula is C32H51Na3O13S3. The smallest absolute Gasteiger partial charge is 0.726 e. The molecule has 0 aliphatic heterocycles. The van der Waals surface area contributed by atoms with Crippen LogP contribution in [0.25, 0.3) is 0 Å². The predicted molar refractivity (Wildman–Crippen MR) is 172 cm³/mol. The number of hydrogen-bond donors (Lipinski definition) is 1. The Hall–Kier alpha value is 2.05. The van der Waals surface area contributed by atoms with E-state index in [2.05, 4.69) is 56.5 Å². The standard InChI is InChI=1S/C32H54O13S3.3Na/c1-9-32(10-2,19(3)4)16-11-20(5)21-12-14-31(8)23-17-24(43-46(34,35)36)26-27(33)28(45-48(40,41)42)25(44-47(37,38)39)18-29(26,6)22(23)13-15-30(21,31)7;;;/h13,20-21,23-28,33H,3,9-12,14-18H2,1-2,4-8H3,(H,34,35,36)(H,37,38,39)(H,40,41,42);;;/q;3*+1/p-3/t20-,21-,23?,24?,25+,26?,27-,28-,29-,30-,31+;;;/m1.../s1. The molecule has 4 aliphatic carbocycles. The normalized spacial score (nSPS) is 37.2. The van der Waals surface area contributed by atoms with Gasteiger partial charge >= 0.3 is 88.7 Å². The largest absolute Gasteiger partial charge is 1.00 e. The molecule has 4 rings (SSSR count). The Balaban J connectivity index is 0.00000433. The van der Waals surface area contributed by atoms with Crippen molar-refractivity contribution in [1.82, 2.24) is 0 Å². The molecule has 0 radical (unpaired) electrons. The van der Waals surface area contributed by atoms with Gasteiger partial charge in [0.1, 0.15) is 12.2 Å². The SMILES string of the molecule is C=C(C)C(CC)(CC)CC[C@@H](C)[C@H]1CC[C@@]2(C)C3CC(OS(=O)(=O)[O-])C4[C@@H](O)[C@H](OS(=O)(=O)[O-])[C@@H](OS(=O)(=O)[O-])C[C@]4(C)C3=CC[C@]12C.[Na+].[Na+].[Na+]. The number of hydrogen-bond acceptors (Lipinski definition) is 13. The fraction of sp³-hybridized carbons (Fsp3) is 0.875. The van der Waals surface area contributed by atoms with Gasteiger partial charge in [-0.15, -0.1) is 0 Å². The van der Waals surface area contributed by atoms with Gasteiger partial charge in [-0.1, -0.05) is 65.3 Å². The minimum absolute atomic E-state index is 0. The van der Waals surface area contributed by atoms with Crippen LogP contribution in [0.3, 0.4) is 0 Å². The second-order valence-corrected chi connectivity index (χ2v) is 18.6. The molecule has 0 spiro atoms. The average molecular weight is 809 g/mol. The molecule has 51 heavy (non-hydrogen) atoms. The molecule has 13 nitrogen and oxygen atoms in total. The number of aliphatic hydroxyl groups excluding tert-OH is 1. The minimum Gasteiger partial charge on any atom is -0.726 e. The molecule has 278 valence electrons. The van der Waals surface area contributed by atoms with Gasteiger partial charge in [-0.25, -0.2) is 25.3 Å². The second-order valence-electron chi connectivity index (χ2n) is 15.6. The van der Waals surface area contributed by atoms with E-state index in [0.29, 0.717) is 18.3 Å². The molecular weight excluding hydrogens is 758 g/mol. The summed E-state index contributed by atoms with van der Waals surface area (Å²) in [7, 11) is -16.4. The molecule has 0 saturated heterocycles. The van der Waals surface area contributed by atoms with Gasteiger partial charge in [-0.05, 0) is 104 Å². The second kappa shape index (κ2) is 17.9. The molecule has 1 N–H and O–H groups in total. The van der Waals surface area contributed by atoms with Crippen LogP contribution in [-0.2, 0) is 43.7 Å². The van der Waals surface area contributed by atoms with Crippen LogP contribution in [0.2, 0.25) is 0 Å². The maximum Gasteiger partial charge on any atom is 1.00 e. The van der Waals surface area contributed by atoms with Crippen molar-refractivity contribution in [2.24, 2.45) is 45.3 Å². The molecule has 19 heteroatoms. The van der Waals surface area contributed by atoms with Crippen LogP contribution < -0.4 is 88.7 Å². The summed E-state index contributed by atoms with van der Waals surface area (Å²) in [5, 5.41) is 11.5. The van der Waals surface area contributed by atoms with E-state index in [9.17, 15) is 44.0 Å². The number of allylic oxidation sites excluding steroid dienone is 3. The van der Waals surface area contributed by atoms with Crippen LogP contribution in [0.5, 0.6) is 0 Å². The first-order valence-electron chi connectivity index (χ1n) is 16.7. The van der Waals surface area contributed by atoms with Gasteiger partial charge in [0.25, 0.3) is 0 Å². The molecule has 3 unspecified atom stereocenters. The van der Waals surface area contributed by atoms with Crippen LogP contribution in [-0.4, -0.2) is 68.4 Å². The maximum absolute atomic E-state index is 12.1. The van der Waals surface area contributed by atoms with Crippen LogP contribution in [0.15, 0.2) is 23.8 Å². The van der Waals surface area contributed by atoms with Crippen LogP contribution in [0.1, 0.15) is 106 Å². The van der Waals surface area contributed by atoms with Gasteiger partial charge in [0.15, 0.2) is 0 Å². The Bertz CT molecular complexity index is 1620. The first kappa shape index (κ1) is 51.1. The van der Waals surface area contributed by atoms with E-state index in [1.807, 2.05) is 6.08 Å². The summed E-state index contributed by atoms with van der Waals surface area (Å²) in [6.45, 7) is 19.0. The molecule has 0 aromatic rings. The molecule has 0 bridgehead atoms. The number of rotatable bonds is 13. The van der Waals surface area contributed by atoms with Crippen molar-refractivity contribution in [2.75, 3.05) is 0 Å². The van der Waals surface area contributed by atoms with Gasteiger partial charge in [-0.3, -0.25) is 12.5 Å². The summed E-state index contributed by atoms with van der Waals surface area (Å²) in [4.78, 5) is 0. The first-order chi connectivity index (χ1) is 21.8. The molecule has 0 heterocycles. The summed E-state index contributed by atoms with van der Waals surface area (Å²) in [5.41, 5.74) is -0.0733. The Morgan fingerprint density at radius 3 is 1.92 bits per heavy atom. The molecule has 0 aromatic carbocycles. The zero-order valence-corrected chi connectivity index (χ0v) is 40.3. The zero-order valence-electron chi connectivity index (χ0n) is 31.8. The summed E-state index contributed by atoms with van der Waals surface area (Å²) < 4.78 is 121. The van der Waals surface area contributed by atoms with Crippen molar-refractivity contribution in [3.8, 4) is 0 Å². The van der Waals surface area contributed by atoms with Gasteiger partial charge in [0, 0.05) is 5.92 Å². The van der Waals surface area contributed by atoms with Crippen LogP contribution in [0.4, 0.5) is 0 Å². The van der Waals surface area contributed by atoms with Crippen molar-refractivity contribution in [3.05, 3.63) is 23.8 Å². The number of aliphatic hydroxyl groups is 1. The quantitative estimate of drug-likeness (QED) is 0.0804. The minimum atomic E-state index is -5.57. The van der Waals surface area contributed by atoms with E-state index in [-0.39, 0.29) is 112 Å². The maximum atomic E-state index is 12.1. The van der Waals surface area contributed by atoms with Crippen molar-refractivity contribution >= 4 is 31.2 Å². The van der Waals surface area contributed by atoms with Crippen molar-refractivity contribution in [3.63, 3.8) is 0 Å². The van der Waals surface area contributed by atoms with Gasteiger partial charge in [0.2, 0.25) is 31.2 Å². The Kier molecular flexibility index (Phi) is 17.9. The Morgan fingerprint density at radius 2 is 1.45 bits per heavy atom. The van der Waals surface area contributed by atoms with Crippen LogP contribution in [0, 0.1) is 45.3 Å². The van der Waals surface area contributed by atoms with E-state index in [1.165, 1.54) is 5.57 Å². The van der Waals surface area contributed by atoms with Gasteiger partial charge in [-0.2, -0.15) is 0 Å². The summed E-state index contributed by atoms with van der Waals surface area (Å²) in [6, 6.07) is 0. The first-order valence-corrected chi connectivity index (χ1v) is 20.7. The molecule has 4 aliphatic rings. The third-order valence-electron chi connectivity index (χ3n) is 13.7. The summed E-state index contributed by atoms with van der Waals surface area (Å²) in [6.07, 6.45) is 0.175. The van der Waals surface area contributed by atoms with Gasteiger partial charge in [0.05, 0.1) is 12.2 Å².